The maximum absolute atomic E-state index is 12.0. The predicted octanol–water partition coefficient (Wildman–Crippen LogP) is 0.429. The molecule has 20 heavy (non-hydrogen) atoms. The molecule has 2 heterocycles. The summed E-state index contributed by atoms with van der Waals surface area (Å²) in [4.78, 5) is 26.7. The van der Waals surface area contributed by atoms with E-state index >= 15 is 0 Å². The molecule has 0 atom stereocenters. The highest BCUT2D eigenvalue weighted by Gasteiger charge is 2.30. The highest BCUT2D eigenvalue weighted by atomic mass is 16.6. The van der Waals surface area contributed by atoms with E-state index in [1.54, 1.807) is 0 Å². The first-order valence-corrected chi connectivity index (χ1v) is 7.65. The summed E-state index contributed by atoms with van der Waals surface area (Å²) in [6.45, 7) is 4.08. The molecule has 0 unspecified atom stereocenters. The zero-order valence-electron chi connectivity index (χ0n) is 11.8. The lowest BCUT2D eigenvalue weighted by atomic mass is 10.0. The number of likely N-dealkylation sites (tertiary alicyclic amines) is 1. The fourth-order valence-electron chi connectivity index (χ4n) is 2.85. The van der Waals surface area contributed by atoms with Gasteiger partial charge in [0.15, 0.2) is 0 Å². The van der Waals surface area contributed by atoms with Crippen LogP contribution < -0.4 is 5.32 Å². The van der Waals surface area contributed by atoms with E-state index < -0.39 is 6.09 Å². The average Bonchev–Trinajstić information content (AvgIpc) is 3.18. The van der Waals surface area contributed by atoms with Gasteiger partial charge in [-0.25, -0.2) is 9.69 Å². The molecule has 0 aromatic carbocycles. The number of cyclic esters (lactones) is 1. The predicted molar refractivity (Wildman–Crippen MR) is 73.2 cm³/mol. The van der Waals surface area contributed by atoms with Crippen LogP contribution in [0.5, 0.6) is 0 Å². The minimum atomic E-state index is -0.490. The Morgan fingerprint density at radius 1 is 1.20 bits per heavy atom. The van der Waals surface area contributed by atoms with E-state index in [0.717, 1.165) is 38.4 Å². The number of ether oxygens (including phenoxy) is 1. The van der Waals surface area contributed by atoms with Crippen LogP contribution in [0.2, 0.25) is 0 Å². The molecule has 0 aromatic heterocycles. The van der Waals surface area contributed by atoms with Crippen molar-refractivity contribution in [3.8, 4) is 0 Å². The molecule has 1 N–H and O–H groups in total. The number of hydrogen-bond acceptors (Lipinski definition) is 5. The van der Waals surface area contributed by atoms with Gasteiger partial charge in [-0.15, -0.1) is 0 Å². The lowest BCUT2D eigenvalue weighted by Crippen LogP contribution is -2.47. The number of carbonyl (C=O) groups is 2. The van der Waals surface area contributed by atoms with Gasteiger partial charge in [-0.3, -0.25) is 9.69 Å². The number of nitrogens with zero attached hydrogens (tertiary/aromatic N) is 2. The van der Waals surface area contributed by atoms with Crippen molar-refractivity contribution >= 4 is 12.0 Å². The third-order valence-corrected chi connectivity index (χ3v) is 4.40. The highest BCUT2D eigenvalue weighted by molar-refractivity contribution is 5.94. The summed E-state index contributed by atoms with van der Waals surface area (Å²) in [6, 6.07) is 0.596. The van der Waals surface area contributed by atoms with Gasteiger partial charge in [0.1, 0.15) is 6.61 Å². The molecule has 1 aliphatic carbocycles. The Bertz CT molecular complexity index is 376. The Hall–Kier alpha value is -1.14. The zero-order chi connectivity index (χ0) is 13.9. The fourth-order valence-corrected chi connectivity index (χ4v) is 2.85. The lowest BCUT2D eigenvalue weighted by Gasteiger charge is -2.32. The second-order valence-corrected chi connectivity index (χ2v) is 6.06. The summed E-state index contributed by atoms with van der Waals surface area (Å²) >= 11 is 0. The van der Waals surface area contributed by atoms with E-state index in [2.05, 4.69) is 10.2 Å². The van der Waals surface area contributed by atoms with Crippen LogP contribution in [0, 0.1) is 5.92 Å². The maximum atomic E-state index is 12.0. The van der Waals surface area contributed by atoms with Gasteiger partial charge in [0.05, 0.1) is 13.1 Å². The van der Waals surface area contributed by atoms with Gasteiger partial charge in [-0.2, -0.15) is 0 Å². The number of imide groups is 1. The van der Waals surface area contributed by atoms with Crippen LogP contribution in [0.3, 0.4) is 0 Å². The summed E-state index contributed by atoms with van der Waals surface area (Å²) in [5.74, 6) is 0.785. The summed E-state index contributed by atoms with van der Waals surface area (Å²) < 4.78 is 4.79. The van der Waals surface area contributed by atoms with E-state index in [4.69, 9.17) is 4.74 Å². The molecule has 0 bridgehead atoms. The molecule has 3 aliphatic rings. The third-order valence-electron chi connectivity index (χ3n) is 4.40. The first-order valence-electron chi connectivity index (χ1n) is 7.65. The van der Waals surface area contributed by atoms with E-state index in [-0.39, 0.29) is 5.91 Å². The minimum Gasteiger partial charge on any atom is -0.447 e. The minimum absolute atomic E-state index is 0.128. The normalized spacial score (nSPS) is 25.0. The first-order chi connectivity index (χ1) is 9.72. The van der Waals surface area contributed by atoms with Crippen LogP contribution in [0.15, 0.2) is 0 Å². The number of amides is 2. The molecule has 3 fully saturated rings. The van der Waals surface area contributed by atoms with Gasteiger partial charge in [0.2, 0.25) is 5.91 Å². The largest absolute Gasteiger partial charge is 0.447 e. The topological polar surface area (TPSA) is 61.9 Å². The van der Waals surface area contributed by atoms with Gasteiger partial charge in [-0.1, -0.05) is 0 Å². The monoisotopic (exact) mass is 281 g/mol. The van der Waals surface area contributed by atoms with Crippen molar-refractivity contribution in [2.75, 3.05) is 39.3 Å². The molecule has 2 saturated heterocycles. The number of carbonyl (C=O) groups excluding carboxylic acids is 2. The molecule has 0 aromatic rings. The average molecular weight is 281 g/mol. The van der Waals surface area contributed by atoms with Crippen molar-refractivity contribution in [2.24, 2.45) is 5.92 Å². The highest BCUT2D eigenvalue weighted by Crippen LogP contribution is 2.28. The van der Waals surface area contributed by atoms with Gasteiger partial charge in [-0.05, 0) is 38.1 Å². The number of hydrogen-bond donors (Lipinski definition) is 1. The van der Waals surface area contributed by atoms with Crippen molar-refractivity contribution < 1.29 is 14.3 Å². The van der Waals surface area contributed by atoms with Crippen LogP contribution in [0.1, 0.15) is 25.7 Å². The molecule has 6 nitrogen and oxygen atoms in total. The van der Waals surface area contributed by atoms with Crippen molar-refractivity contribution in [1.82, 2.24) is 15.1 Å². The summed E-state index contributed by atoms with van der Waals surface area (Å²) in [6.07, 6.45) is 4.45. The van der Waals surface area contributed by atoms with Crippen LogP contribution in [-0.4, -0.2) is 67.2 Å². The second kappa shape index (κ2) is 6.10. The summed E-state index contributed by atoms with van der Waals surface area (Å²) in [7, 11) is 0. The molecule has 2 aliphatic heterocycles. The smallest absolute Gasteiger partial charge is 0.416 e. The third kappa shape index (κ3) is 3.49. The first kappa shape index (κ1) is 13.8. The van der Waals surface area contributed by atoms with Gasteiger partial charge in [0, 0.05) is 19.1 Å². The Labute approximate surface area is 119 Å². The molecule has 3 rings (SSSR count). The van der Waals surface area contributed by atoms with Crippen LogP contribution >= 0.6 is 0 Å². The Balaban J connectivity index is 1.37. The molecule has 1 saturated carbocycles. The maximum Gasteiger partial charge on any atom is 0.416 e. The van der Waals surface area contributed by atoms with Crippen molar-refractivity contribution in [3.05, 3.63) is 0 Å². The van der Waals surface area contributed by atoms with Gasteiger partial charge >= 0.3 is 6.09 Å². The molecular formula is C14H23N3O3. The van der Waals surface area contributed by atoms with Crippen molar-refractivity contribution in [3.63, 3.8) is 0 Å². The molecule has 6 heteroatoms. The Morgan fingerprint density at radius 2 is 1.95 bits per heavy atom. The Kier molecular flexibility index (Phi) is 4.21. The van der Waals surface area contributed by atoms with Crippen LogP contribution in [-0.2, 0) is 9.53 Å². The SMILES string of the molecule is O=C(CN1CCC(NCC2CC2)CC1)N1CCOC1=O. The van der Waals surface area contributed by atoms with E-state index in [9.17, 15) is 9.59 Å². The number of rotatable bonds is 5. The summed E-state index contributed by atoms with van der Waals surface area (Å²) in [5, 5.41) is 3.62. The number of nitrogens with one attached hydrogen (secondary N) is 1. The molecule has 112 valence electrons. The lowest BCUT2D eigenvalue weighted by molar-refractivity contribution is -0.129. The molecular weight excluding hydrogens is 258 g/mol. The van der Waals surface area contributed by atoms with Crippen LogP contribution in [0.4, 0.5) is 4.79 Å². The number of piperidine rings is 1. The van der Waals surface area contributed by atoms with Crippen molar-refractivity contribution in [2.45, 2.75) is 31.7 Å². The fraction of sp³-hybridized carbons (Fsp3) is 0.857. The van der Waals surface area contributed by atoms with Crippen LogP contribution in [0.25, 0.3) is 0 Å². The Morgan fingerprint density at radius 3 is 2.55 bits per heavy atom. The quantitative estimate of drug-likeness (QED) is 0.792. The second-order valence-electron chi connectivity index (χ2n) is 6.06. The molecule has 0 radical (unpaired) electrons. The van der Waals surface area contributed by atoms with E-state index in [1.165, 1.54) is 17.7 Å². The van der Waals surface area contributed by atoms with Gasteiger partial charge in [0.25, 0.3) is 0 Å². The van der Waals surface area contributed by atoms with Gasteiger partial charge < -0.3 is 10.1 Å². The van der Waals surface area contributed by atoms with E-state index in [1.807, 2.05) is 0 Å². The van der Waals surface area contributed by atoms with Crippen molar-refractivity contribution in [1.29, 1.82) is 0 Å². The van der Waals surface area contributed by atoms with E-state index in [0.29, 0.717) is 25.7 Å². The molecule has 0 spiro atoms. The standard InChI is InChI=1S/C14H23N3O3/c18-13(17-7-8-20-14(17)19)10-16-5-3-12(4-6-16)15-9-11-1-2-11/h11-12,15H,1-10H2. The molecule has 2 amide bonds. The zero-order valence-corrected chi connectivity index (χ0v) is 11.8. The summed E-state index contributed by atoms with van der Waals surface area (Å²) in [5.41, 5.74) is 0.